The van der Waals surface area contributed by atoms with Gasteiger partial charge in [0.05, 0.1) is 13.2 Å². The SMILES string of the molecule is O=C(NCCN1CCOCC1)c1c(O)cccc1O. The Morgan fingerprint density at radius 3 is 2.53 bits per heavy atom. The summed E-state index contributed by atoms with van der Waals surface area (Å²) >= 11 is 0. The van der Waals surface area contributed by atoms with Crippen molar-refractivity contribution in [2.75, 3.05) is 39.4 Å². The number of aromatic hydroxyl groups is 2. The molecule has 1 fully saturated rings. The molecule has 1 aliphatic heterocycles. The monoisotopic (exact) mass is 266 g/mol. The van der Waals surface area contributed by atoms with E-state index >= 15 is 0 Å². The number of hydrogen-bond donors (Lipinski definition) is 3. The van der Waals surface area contributed by atoms with Crippen LogP contribution in [0.5, 0.6) is 11.5 Å². The molecule has 1 amide bonds. The first-order valence-corrected chi connectivity index (χ1v) is 6.27. The van der Waals surface area contributed by atoms with E-state index in [0.29, 0.717) is 19.8 Å². The number of phenols is 2. The Hall–Kier alpha value is -1.79. The van der Waals surface area contributed by atoms with Crippen LogP contribution in [0.3, 0.4) is 0 Å². The minimum absolute atomic E-state index is 0.0792. The molecule has 104 valence electrons. The van der Waals surface area contributed by atoms with Crippen LogP contribution in [0.4, 0.5) is 0 Å². The average Bonchev–Trinajstić information content (AvgIpc) is 2.40. The molecule has 0 unspecified atom stereocenters. The van der Waals surface area contributed by atoms with Gasteiger partial charge in [-0.1, -0.05) is 6.07 Å². The maximum Gasteiger partial charge on any atom is 0.258 e. The van der Waals surface area contributed by atoms with E-state index < -0.39 is 5.91 Å². The first kappa shape index (κ1) is 13.6. The Morgan fingerprint density at radius 1 is 1.26 bits per heavy atom. The van der Waals surface area contributed by atoms with Crippen LogP contribution in [-0.4, -0.2) is 60.4 Å². The predicted molar refractivity (Wildman–Crippen MR) is 69.4 cm³/mol. The fraction of sp³-hybridized carbons (Fsp3) is 0.462. The zero-order chi connectivity index (χ0) is 13.7. The smallest absolute Gasteiger partial charge is 0.258 e. The molecule has 0 aliphatic carbocycles. The lowest BCUT2D eigenvalue weighted by Crippen LogP contribution is -2.41. The highest BCUT2D eigenvalue weighted by molar-refractivity contribution is 5.99. The van der Waals surface area contributed by atoms with Gasteiger partial charge in [-0.15, -0.1) is 0 Å². The summed E-state index contributed by atoms with van der Waals surface area (Å²) in [5.74, 6) is -0.906. The summed E-state index contributed by atoms with van der Waals surface area (Å²) in [6.45, 7) is 4.34. The topological polar surface area (TPSA) is 82.0 Å². The number of ether oxygens (including phenoxy) is 1. The van der Waals surface area contributed by atoms with Gasteiger partial charge in [-0.05, 0) is 12.1 Å². The van der Waals surface area contributed by atoms with Gasteiger partial charge in [-0.3, -0.25) is 9.69 Å². The lowest BCUT2D eigenvalue weighted by atomic mass is 10.1. The second-order valence-corrected chi connectivity index (χ2v) is 4.38. The Bertz CT molecular complexity index is 424. The van der Waals surface area contributed by atoms with Crippen molar-refractivity contribution in [1.82, 2.24) is 10.2 Å². The number of amides is 1. The molecule has 19 heavy (non-hydrogen) atoms. The number of benzene rings is 1. The lowest BCUT2D eigenvalue weighted by molar-refractivity contribution is 0.0383. The third-order valence-electron chi connectivity index (χ3n) is 3.06. The first-order valence-electron chi connectivity index (χ1n) is 6.27. The molecular formula is C13H18N2O4. The van der Waals surface area contributed by atoms with Crippen LogP contribution in [0, 0.1) is 0 Å². The summed E-state index contributed by atoms with van der Waals surface area (Å²) in [5.41, 5.74) is -0.0792. The molecule has 1 aliphatic rings. The normalized spacial score (nSPS) is 16.2. The van der Waals surface area contributed by atoms with Crippen molar-refractivity contribution in [3.05, 3.63) is 23.8 Å². The first-order chi connectivity index (χ1) is 9.18. The average molecular weight is 266 g/mol. The van der Waals surface area contributed by atoms with Crippen molar-refractivity contribution in [3.8, 4) is 11.5 Å². The standard InChI is InChI=1S/C13H18N2O4/c16-10-2-1-3-11(17)12(10)13(18)14-4-5-15-6-8-19-9-7-15/h1-3,16-17H,4-9H2,(H,14,18). The fourth-order valence-electron chi connectivity index (χ4n) is 2.00. The maximum absolute atomic E-state index is 11.9. The number of hydrogen-bond acceptors (Lipinski definition) is 5. The number of morpholine rings is 1. The highest BCUT2D eigenvalue weighted by Crippen LogP contribution is 2.25. The summed E-state index contributed by atoms with van der Waals surface area (Å²) in [7, 11) is 0. The summed E-state index contributed by atoms with van der Waals surface area (Å²) < 4.78 is 5.23. The van der Waals surface area contributed by atoms with E-state index in [0.717, 1.165) is 19.6 Å². The molecular weight excluding hydrogens is 248 g/mol. The highest BCUT2D eigenvalue weighted by Gasteiger charge is 2.16. The van der Waals surface area contributed by atoms with Gasteiger partial charge in [0.2, 0.25) is 0 Å². The summed E-state index contributed by atoms with van der Waals surface area (Å²) in [5, 5.41) is 21.8. The third kappa shape index (κ3) is 3.59. The number of carbonyl (C=O) groups is 1. The Kier molecular flexibility index (Phi) is 4.59. The zero-order valence-corrected chi connectivity index (χ0v) is 10.6. The number of nitrogens with one attached hydrogen (secondary N) is 1. The van der Waals surface area contributed by atoms with E-state index in [-0.39, 0.29) is 17.1 Å². The van der Waals surface area contributed by atoms with Crippen LogP contribution in [-0.2, 0) is 4.74 Å². The number of phenolic OH excluding ortho intramolecular Hbond substituents is 2. The molecule has 0 radical (unpaired) electrons. The van der Waals surface area contributed by atoms with Crippen molar-refractivity contribution >= 4 is 5.91 Å². The van der Waals surface area contributed by atoms with Gasteiger partial charge in [0, 0.05) is 26.2 Å². The number of rotatable bonds is 4. The number of carbonyl (C=O) groups excluding carboxylic acids is 1. The molecule has 1 saturated heterocycles. The van der Waals surface area contributed by atoms with E-state index in [2.05, 4.69) is 10.2 Å². The largest absolute Gasteiger partial charge is 0.507 e. The van der Waals surface area contributed by atoms with Gasteiger partial charge in [-0.2, -0.15) is 0 Å². The van der Waals surface area contributed by atoms with E-state index in [1.807, 2.05) is 0 Å². The highest BCUT2D eigenvalue weighted by atomic mass is 16.5. The van der Waals surface area contributed by atoms with E-state index in [9.17, 15) is 15.0 Å². The molecule has 0 bridgehead atoms. The molecule has 1 heterocycles. The Balaban J connectivity index is 1.84. The molecule has 1 aromatic carbocycles. The second-order valence-electron chi connectivity index (χ2n) is 4.38. The van der Waals surface area contributed by atoms with E-state index in [1.165, 1.54) is 18.2 Å². The molecule has 1 aromatic rings. The van der Waals surface area contributed by atoms with Crippen LogP contribution >= 0.6 is 0 Å². The summed E-state index contributed by atoms with van der Waals surface area (Å²) in [6, 6.07) is 4.22. The van der Waals surface area contributed by atoms with E-state index in [4.69, 9.17) is 4.74 Å². The van der Waals surface area contributed by atoms with Gasteiger partial charge in [0.15, 0.2) is 0 Å². The Labute approximate surface area is 111 Å². The fourth-order valence-corrected chi connectivity index (χ4v) is 2.00. The minimum Gasteiger partial charge on any atom is -0.507 e. The third-order valence-corrected chi connectivity index (χ3v) is 3.06. The molecule has 0 atom stereocenters. The van der Waals surface area contributed by atoms with Crippen molar-refractivity contribution in [2.45, 2.75) is 0 Å². The quantitative estimate of drug-likeness (QED) is 0.723. The second kappa shape index (κ2) is 6.40. The van der Waals surface area contributed by atoms with Crippen LogP contribution in [0.15, 0.2) is 18.2 Å². The van der Waals surface area contributed by atoms with Crippen LogP contribution in [0.25, 0.3) is 0 Å². The van der Waals surface area contributed by atoms with Crippen LogP contribution in [0.1, 0.15) is 10.4 Å². The number of nitrogens with zero attached hydrogens (tertiary/aromatic N) is 1. The molecule has 6 nitrogen and oxygen atoms in total. The van der Waals surface area contributed by atoms with Crippen molar-refractivity contribution in [2.24, 2.45) is 0 Å². The molecule has 2 rings (SSSR count). The van der Waals surface area contributed by atoms with Gasteiger partial charge < -0.3 is 20.3 Å². The molecule has 0 spiro atoms. The summed E-state index contributed by atoms with van der Waals surface area (Å²) in [6.07, 6.45) is 0. The molecule has 0 aromatic heterocycles. The van der Waals surface area contributed by atoms with Gasteiger partial charge in [0.25, 0.3) is 5.91 Å². The van der Waals surface area contributed by atoms with Crippen LogP contribution in [0.2, 0.25) is 0 Å². The van der Waals surface area contributed by atoms with Gasteiger partial charge >= 0.3 is 0 Å². The molecule has 6 heteroatoms. The van der Waals surface area contributed by atoms with Crippen molar-refractivity contribution in [1.29, 1.82) is 0 Å². The minimum atomic E-state index is -0.469. The Morgan fingerprint density at radius 2 is 1.89 bits per heavy atom. The predicted octanol–water partition coefficient (Wildman–Crippen LogP) is 0.160. The summed E-state index contributed by atoms with van der Waals surface area (Å²) in [4.78, 5) is 14.0. The molecule has 3 N–H and O–H groups in total. The lowest BCUT2D eigenvalue weighted by Gasteiger charge is -2.26. The van der Waals surface area contributed by atoms with E-state index in [1.54, 1.807) is 0 Å². The van der Waals surface area contributed by atoms with Crippen molar-refractivity contribution < 1.29 is 19.7 Å². The zero-order valence-electron chi connectivity index (χ0n) is 10.6. The maximum atomic E-state index is 11.9. The van der Waals surface area contributed by atoms with Gasteiger partial charge in [-0.25, -0.2) is 0 Å². The van der Waals surface area contributed by atoms with Crippen LogP contribution < -0.4 is 5.32 Å². The van der Waals surface area contributed by atoms with Gasteiger partial charge in [0.1, 0.15) is 17.1 Å². The van der Waals surface area contributed by atoms with Crippen molar-refractivity contribution in [3.63, 3.8) is 0 Å². The molecule has 0 saturated carbocycles.